The van der Waals surface area contributed by atoms with Gasteiger partial charge in [-0.1, -0.05) is 12.1 Å². The molecule has 0 fully saturated rings. The highest BCUT2D eigenvalue weighted by molar-refractivity contribution is 7.99. The largest absolute Gasteiger partial charge is 0.494 e. The van der Waals surface area contributed by atoms with Crippen molar-refractivity contribution in [1.82, 2.24) is 5.32 Å². The van der Waals surface area contributed by atoms with Crippen LogP contribution >= 0.6 is 11.8 Å². The van der Waals surface area contributed by atoms with Crippen LogP contribution in [0.1, 0.15) is 32.3 Å². The lowest BCUT2D eigenvalue weighted by Crippen LogP contribution is -2.43. The SMILES string of the molecule is CCOC(=O)CCCOc1ccc(C[C@H](N)C(=O)NCCOC)cc1.CSCC(C)=O.[B]. The van der Waals surface area contributed by atoms with Crippen molar-refractivity contribution in [3.8, 4) is 5.75 Å². The Morgan fingerprint density at radius 3 is 2.31 bits per heavy atom. The number of nitrogens with one attached hydrogen (secondary N) is 1. The van der Waals surface area contributed by atoms with Crippen LogP contribution in [-0.2, 0) is 30.3 Å². The molecule has 1 amide bonds. The Kier molecular flexibility index (Phi) is 20.9. The van der Waals surface area contributed by atoms with Crippen molar-refractivity contribution >= 4 is 37.8 Å². The molecule has 179 valence electrons. The van der Waals surface area contributed by atoms with E-state index in [9.17, 15) is 14.4 Å². The number of benzene rings is 1. The van der Waals surface area contributed by atoms with Crippen molar-refractivity contribution in [3.05, 3.63) is 29.8 Å². The number of methoxy groups -OCH3 is 1. The molecule has 0 heterocycles. The lowest BCUT2D eigenvalue weighted by Gasteiger charge is -2.12. The van der Waals surface area contributed by atoms with E-state index in [0.29, 0.717) is 57.1 Å². The van der Waals surface area contributed by atoms with Crippen molar-refractivity contribution < 1.29 is 28.6 Å². The van der Waals surface area contributed by atoms with Gasteiger partial charge in [-0.15, -0.1) is 0 Å². The summed E-state index contributed by atoms with van der Waals surface area (Å²) in [6, 6.07) is 6.81. The molecule has 0 aliphatic heterocycles. The summed E-state index contributed by atoms with van der Waals surface area (Å²) in [7, 11) is 1.58. The van der Waals surface area contributed by atoms with E-state index in [-0.39, 0.29) is 26.1 Å². The predicted molar refractivity (Wildman–Crippen MR) is 129 cm³/mol. The van der Waals surface area contributed by atoms with Crippen LogP contribution in [0.15, 0.2) is 24.3 Å². The fourth-order valence-electron chi connectivity index (χ4n) is 2.32. The van der Waals surface area contributed by atoms with Crippen LogP contribution in [0.3, 0.4) is 0 Å². The third-order valence-electron chi connectivity index (χ3n) is 3.77. The molecule has 1 aromatic carbocycles. The predicted octanol–water partition coefficient (Wildman–Crippen LogP) is 1.60. The standard InChI is InChI=1S/C18H28N2O5.C4H8OS.B/c1-3-24-17(21)5-4-11-25-15-8-6-14(7-9-15)13-16(19)18(22)20-10-12-23-2;1-4(5)3-6-2;/h6-9,16H,3-5,10-13,19H2,1-2H3,(H,20,22);3H2,1-2H3;/t16-;;/m0../s1. The summed E-state index contributed by atoms with van der Waals surface area (Å²) in [4.78, 5) is 33.0. The number of ether oxygens (including phenoxy) is 3. The molecule has 0 aliphatic rings. The molecular weight excluding hydrogens is 431 g/mol. The topological polar surface area (TPSA) is 117 Å². The number of carbonyl (C=O) groups is 3. The molecule has 0 unspecified atom stereocenters. The second-order valence-corrected chi connectivity index (χ2v) is 7.50. The minimum atomic E-state index is -0.604. The van der Waals surface area contributed by atoms with Crippen LogP contribution in [0.4, 0.5) is 0 Å². The average molecular weight is 467 g/mol. The van der Waals surface area contributed by atoms with E-state index in [2.05, 4.69) is 5.32 Å². The number of esters is 1. The first kappa shape index (κ1) is 32.1. The second-order valence-electron chi connectivity index (χ2n) is 6.63. The third-order valence-corrected chi connectivity index (χ3v) is 4.46. The summed E-state index contributed by atoms with van der Waals surface area (Å²) in [6.45, 7) is 5.12. The number of rotatable bonds is 14. The van der Waals surface area contributed by atoms with Crippen molar-refractivity contribution in [3.63, 3.8) is 0 Å². The summed E-state index contributed by atoms with van der Waals surface area (Å²) in [5, 5.41) is 2.72. The number of thioether (sulfide) groups is 1. The number of carbonyl (C=O) groups excluding carboxylic acids is 3. The molecule has 0 spiro atoms. The number of Topliss-reactive ketones (excluding diaryl/α,β-unsaturated/α-hetero) is 1. The van der Waals surface area contributed by atoms with Crippen LogP contribution in [0.2, 0.25) is 0 Å². The fourth-order valence-corrected chi connectivity index (χ4v) is 2.73. The van der Waals surface area contributed by atoms with Gasteiger partial charge in [-0.05, 0) is 50.6 Å². The van der Waals surface area contributed by atoms with Gasteiger partial charge in [0, 0.05) is 28.5 Å². The van der Waals surface area contributed by atoms with E-state index in [1.807, 2.05) is 30.5 Å². The molecule has 0 aromatic heterocycles. The Labute approximate surface area is 197 Å². The van der Waals surface area contributed by atoms with Crippen LogP contribution in [-0.4, -0.2) is 77.6 Å². The lowest BCUT2D eigenvalue weighted by molar-refractivity contribution is -0.143. The zero-order chi connectivity index (χ0) is 23.5. The minimum Gasteiger partial charge on any atom is -0.494 e. The zero-order valence-corrected chi connectivity index (χ0v) is 20.4. The molecule has 1 aromatic rings. The quantitative estimate of drug-likeness (QED) is 0.241. The van der Waals surface area contributed by atoms with Gasteiger partial charge in [-0.3, -0.25) is 14.4 Å². The number of ketones is 1. The third kappa shape index (κ3) is 17.6. The number of hydrogen-bond donors (Lipinski definition) is 2. The Bertz CT molecular complexity index is 646. The molecule has 1 atom stereocenters. The normalized spacial score (nSPS) is 10.7. The van der Waals surface area contributed by atoms with Gasteiger partial charge in [0.25, 0.3) is 0 Å². The molecule has 10 heteroatoms. The van der Waals surface area contributed by atoms with Gasteiger partial charge in [0.15, 0.2) is 0 Å². The average Bonchev–Trinajstić information content (AvgIpc) is 2.73. The first-order chi connectivity index (χ1) is 14.8. The first-order valence-corrected chi connectivity index (χ1v) is 11.6. The zero-order valence-electron chi connectivity index (χ0n) is 19.6. The molecule has 0 saturated carbocycles. The molecular formula is C22H36BN2O6S. The molecule has 0 aliphatic carbocycles. The van der Waals surface area contributed by atoms with Gasteiger partial charge in [-0.25, -0.2) is 0 Å². The minimum absolute atomic E-state index is 0. The van der Waals surface area contributed by atoms with E-state index < -0.39 is 6.04 Å². The highest BCUT2D eigenvalue weighted by Gasteiger charge is 2.13. The Morgan fingerprint density at radius 2 is 1.81 bits per heavy atom. The summed E-state index contributed by atoms with van der Waals surface area (Å²) in [5.74, 6) is 1.21. The molecule has 8 nitrogen and oxygen atoms in total. The highest BCUT2D eigenvalue weighted by Crippen LogP contribution is 2.14. The summed E-state index contributed by atoms with van der Waals surface area (Å²) >= 11 is 1.56. The van der Waals surface area contributed by atoms with E-state index >= 15 is 0 Å². The van der Waals surface area contributed by atoms with Crippen molar-refractivity contribution in [1.29, 1.82) is 0 Å². The van der Waals surface area contributed by atoms with Crippen LogP contribution in [0.5, 0.6) is 5.75 Å². The fraction of sp³-hybridized carbons (Fsp3) is 0.591. The Hall–Kier alpha value is -2.04. The summed E-state index contributed by atoms with van der Waals surface area (Å²) in [5.41, 5.74) is 6.84. The molecule has 3 N–H and O–H groups in total. The second kappa shape index (κ2) is 20.8. The van der Waals surface area contributed by atoms with Crippen LogP contribution in [0, 0.1) is 0 Å². The van der Waals surface area contributed by atoms with Gasteiger partial charge < -0.3 is 25.3 Å². The maximum atomic E-state index is 11.8. The molecule has 32 heavy (non-hydrogen) atoms. The van der Waals surface area contributed by atoms with Crippen LogP contribution in [0.25, 0.3) is 0 Å². The van der Waals surface area contributed by atoms with E-state index in [0.717, 1.165) is 5.56 Å². The van der Waals surface area contributed by atoms with Crippen molar-refractivity contribution in [2.45, 2.75) is 39.2 Å². The lowest BCUT2D eigenvalue weighted by atomic mass is 10.1. The number of hydrogen-bond acceptors (Lipinski definition) is 8. The van der Waals surface area contributed by atoms with Crippen molar-refractivity contribution in [2.24, 2.45) is 5.73 Å². The monoisotopic (exact) mass is 467 g/mol. The maximum Gasteiger partial charge on any atom is 0.305 e. The smallest absolute Gasteiger partial charge is 0.305 e. The molecule has 3 radical (unpaired) electrons. The number of amides is 1. The van der Waals surface area contributed by atoms with E-state index in [1.165, 1.54) is 0 Å². The number of nitrogens with two attached hydrogens (primary N) is 1. The van der Waals surface area contributed by atoms with Gasteiger partial charge >= 0.3 is 5.97 Å². The Morgan fingerprint density at radius 1 is 1.16 bits per heavy atom. The van der Waals surface area contributed by atoms with E-state index in [1.54, 1.807) is 32.7 Å². The van der Waals surface area contributed by atoms with E-state index in [4.69, 9.17) is 19.9 Å². The van der Waals surface area contributed by atoms with Crippen molar-refractivity contribution in [2.75, 3.05) is 45.5 Å². The molecule has 0 saturated heterocycles. The molecule has 0 bridgehead atoms. The van der Waals surface area contributed by atoms with Gasteiger partial charge in [0.2, 0.25) is 5.91 Å². The maximum absolute atomic E-state index is 11.8. The van der Waals surface area contributed by atoms with Gasteiger partial charge in [0.1, 0.15) is 11.5 Å². The first-order valence-electron chi connectivity index (χ1n) is 10.2. The summed E-state index contributed by atoms with van der Waals surface area (Å²) < 4.78 is 15.3. The summed E-state index contributed by atoms with van der Waals surface area (Å²) in [6.07, 6.45) is 3.31. The van der Waals surface area contributed by atoms with Crippen LogP contribution < -0.4 is 15.8 Å². The Balaban J connectivity index is 0. The van der Waals surface area contributed by atoms with Gasteiger partial charge in [0.05, 0.1) is 31.6 Å². The molecule has 1 rings (SSSR count). The highest BCUT2D eigenvalue weighted by atomic mass is 32.2. The van der Waals surface area contributed by atoms with Gasteiger partial charge in [-0.2, -0.15) is 11.8 Å².